The van der Waals surface area contributed by atoms with Crippen molar-refractivity contribution in [3.8, 4) is 5.75 Å². The Balaban J connectivity index is 1.67. The Morgan fingerprint density at radius 2 is 1.79 bits per heavy atom. The topological polar surface area (TPSA) is 99.2 Å². The average Bonchev–Trinajstić information content (AvgIpc) is 3.24. The Hall–Kier alpha value is -3.81. The summed E-state index contributed by atoms with van der Waals surface area (Å²) in [6.45, 7) is 6.02. The molecular formula is C26H31N3O5. The lowest BCUT2D eigenvalue weighted by Crippen LogP contribution is -2.44. The third kappa shape index (κ3) is 7.37. The molecule has 1 saturated heterocycles. The van der Waals surface area contributed by atoms with Crippen LogP contribution in [0.2, 0.25) is 0 Å². The Labute approximate surface area is 199 Å². The van der Waals surface area contributed by atoms with Crippen LogP contribution in [0, 0.1) is 0 Å². The number of aromatic hydroxyl groups is 1. The van der Waals surface area contributed by atoms with Crippen LogP contribution in [0.25, 0.3) is 6.08 Å². The van der Waals surface area contributed by atoms with Gasteiger partial charge in [0.05, 0.1) is 6.04 Å². The van der Waals surface area contributed by atoms with E-state index in [-0.39, 0.29) is 30.2 Å². The lowest BCUT2D eigenvalue weighted by molar-refractivity contribution is -0.130. The molecule has 1 aliphatic heterocycles. The molecule has 0 spiro atoms. The van der Waals surface area contributed by atoms with Crippen molar-refractivity contribution < 1.29 is 24.2 Å². The molecule has 0 aromatic heterocycles. The predicted octanol–water partition coefficient (Wildman–Crippen LogP) is 3.56. The van der Waals surface area contributed by atoms with Gasteiger partial charge in [0.25, 0.3) is 5.91 Å². The number of phenols is 1. The van der Waals surface area contributed by atoms with E-state index in [0.29, 0.717) is 25.2 Å². The number of anilines is 1. The second kappa shape index (κ2) is 10.9. The first-order chi connectivity index (χ1) is 16.1. The Morgan fingerprint density at radius 3 is 2.44 bits per heavy atom. The first-order valence-electron chi connectivity index (χ1n) is 11.2. The highest BCUT2D eigenvalue weighted by Crippen LogP contribution is 2.20. The number of amides is 3. The molecule has 180 valence electrons. The molecule has 3 rings (SSSR count). The number of hydrogen-bond donors (Lipinski definition) is 2. The van der Waals surface area contributed by atoms with E-state index in [1.54, 1.807) is 43.9 Å². The van der Waals surface area contributed by atoms with Crippen molar-refractivity contribution in [3.05, 3.63) is 66.2 Å². The van der Waals surface area contributed by atoms with Crippen LogP contribution in [0.15, 0.2) is 60.7 Å². The van der Waals surface area contributed by atoms with Gasteiger partial charge in [-0.1, -0.05) is 30.3 Å². The van der Waals surface area contributed by atoms with Crippen molar-refractivity contribution in [2.75, 3.05) is 24.5 Å². The fraction of sp³-hybridized carbons (Fsp3) is 0.346. The van der Waals surface area contributed by atoms with Crippen LogP contribution in [0.4, 0.5) is 10.5 Å². The quantitative estimate of drug-likeness (QED) is 0.636. The normalized spacial score (nSPS) is 15.9. The van der Waals surface area contributed by atoms with E-state index >= 15 is 0 Å². The van der Waals surface area contributed by atoms with Gasteiger partial charge < -0.3 is 20.1 Å². The van der Waals surface area contributed by atoms with Gasteiger partial charge in [-0.05, 0) is 63.1 Å². The molecule has 8 heteroatoms. The molecule has 3 amide bonds. The summed E-state index contributed by atoms with van der Waals surface area (Å²) >= 11 is 0. The molecule has 0 unspecified atom stereocenters. The van der Waals surface area contributed by atoms with E-state index in [9.17, 15) is 19.5 Å². The predicted molar refractivity (Wildman–Crippen MR) is 130 cm³/mol. The fourth-order valence-corrected chi connectivity index (χ4v) is 3.56. The molecule has 0 bridgehead atoms. The first kappa shape index (κ1) is 24.8. The SMILES string of the molecule is CC(C)(C)OC(=O)N[C@H]1CCN(C(=O)CN(C(=O)C=Cc2ccccc2)c2ccc(O)cc2)C1. The number of nitrogens with one attached hydrogen (secondary N) is 1. The molecule has 0 radical (unpaired) electrons. The van der Waals surface area contributed by atoms with Gasteiger partial charge >= 0.3 is 6.09 Å². The lowest BCUT2D eigenvalue weighted by atomic mass is 10.2. The lowest BCUT2D eigenvalue weighted by Gasteiger charge is -2.25. The maximum absolute atomic E-state index is 13.0. The summed E-state index contributed by atoms with van der Waals surface area (Å²) in [5, 5.41) is 12.4. The largest absolute Gasteiger partial charge is 0.508 e. The number of benzene rings is 2. The molecule has 2 aromatic rings. The number of phenolic OH excluding ortho intramolecular Hbond substituents is 1. The third-order valence-electron chi connectivity index (χ3n) is 5.20. The second-order valence-corrected chi connectivity index (χ2v) is 9.16. The fourth-order valence-electron chi connectivity index (χ4n) is 3.56. The van der Waals surface area contributed by atoms with Crippen LogP contribution in [0.5, 0.6) is 5.75 Å². The Kier molecular flexibility index (Phi) is 7.94. The first-order valence-corrected chi connectivity index (χ1v) is 11.2. The van der Waals surface area contributed by atoms with Gasteiger partial charge in [-0.15, -0.1) is 0 Å². The van der Waals surface area contributed by atoms with Gasteiger partial charge in [-0.2, -0.15) is 0 Å². The molecule has 2 aromatic carbocycles. The van der Waals surface area contributed by atoms with E-state index in [4.69, 9.17) is 4.74 Å². The van der Waals surface area contributed by atoms with Gasteiger partial charge in [0.2, 0.25) is 5.91 Å². The van der Waals surface area contributed by atoms with Crippen molar-refractivity contribution >= 4 is 29.7 Å². The smallest absolute Gasteiger partial charge is 0.407 e. The number of alkyl carbamates (subject to hydrolysis) is 1. The van der Waals surface area contributed by atoms with Gasteiger partial charge in [0.15, 0.2) is 0 Å². The van der Waals surface area contributed by atoms with Crippen LogP contribution in [-0.4, -0.2) is 59.2 Å². The van der Waals surface area contributed by atoms with Gasteiger partial charge in [0.1, 0.15) is 17.9 Å². The molecule has 34 heavy (non-hydrogen) atoms. The molecule has 1 fully saturated rings. The minimum atomic E-state index is -0.601. The number of hydrogen-bond acceptors (Lipinski definition) is 5. The number of ether oxygens (including phenoxy) is 1. The molecule has 1 aliphatic rings. The zero-order valence-corrected chi connectivity index (χ0v) is 19.7. The Morgan fingerprint density at radius 1 is 1.12 bits per heavy atom. The summed E-state index contributed by atoms with van der Waals surface area (Å²) in [7, 11) is 0. The third-order valence-corrected chi connectivity index (χ3v) is 5.20. The Bertz CT molecular complexity index is 1030. The van der Waals surface area contributed by atoms with Crippen LogP contribution >= 0.6 is 0 Å². The maximum Gasteiger partial charge on any atom is 0.407 e. The molecule has 0 aliphatic carbocycles. The molecule has 1 atom stereocenters. The summed E-state index contributed by atoms with van der Waals surface area (Å²) in [5.41, 5.74) is 0.760. The van der Waals surface area contributed by atoms with Crippen molar-refractivity contribution in [2.45, 2.75) is 38.8 Å². The maximum atomic E-state index is 13.0. The molecular weight excluding hydrogens is 434 g/mol. The van der Waals surface area contributed by atoms with Crippen molar-refractivity contribution in [1.29, 1.82) is 0 Å². The number of likely N-dealkylation sites (tertiary alicyclic amines) is 1. The highest BCUT2D eigenvalue weighted by atomic mass is 16.6. The van der Waals surface area contributed by atoms with Crippen molar-refractivity contribution in [2.24, 2.45) is 0 Å². The minimum Gasteiger partial charge on any atom is -0.508 e. The van der Waals surface area contributed by atoms with Crippen LogP contribution in [-0.2, 0) is 14.3 Å². The zero-order valence-electron chi connectivity index (χ0n) is 19.7. The minimum absolute atomic E-state index is 0.0675. The highest BCUT2D eigenvalue weighted by molar-refractivity contribution is 6.06. The molecule has 1 heterocycles. The van der Waals surface area contributed by atoms with E-state index in [1.165, 1.54) is 23.1 Å². The standard InChI is InChI=1S/C26H31N3O5/c1-26(2,3)34-25(33)27-20-15-16-28(17-20)24(32)18-29(21-10-12-22(30)13-11-21)23(31)14-9-19-7-5-4-6-8-19/h4-14,20,30H,15-18H2,1-3H3,(H,27,33)/t20-/m0/s1. The molecule has 8 nitrogen and oxygen atoms in total. The highest BCUT2D eigenvalue weighted by Gasteiger charge is 2.30. The molecule has 2 N–H and O–H groups in total. The number of rotatable bonds is 6. The molecule has 0 saturated carbocycles. The summed E-state index contributed by atoms with van der Waals surface area (Å²) in [5.74, 6) is -0.522. The van der Waals surface area contributed by atoms with E-state index < -0.39 is 11.7 Å². The van der Waals surface area contributed by atoms with Gasteiger partial charge in [-0.3, -0.25) is 14.5 Å². The van der Waals surface area contributed by atoms with E-state index in [1.807, 2.05) is 30.3 Å². The second-order valence-electron chi connectivity index (χ2n) is 9.16. The van der Waals surface area contributed by atoms with Crippen molar-refractivity contribution in [3.63, 3.8) is 0 Å². The summed E-state index contributed by atoms with van der Waals surface area (Å²) < 4.78 is 5.29. The van der Waals surface area contributed by atoms with Gasteiger partial charge in [-0.25, -0.2) is 4.79 Å². The zero-order chi connectivity index (χ0) is 24.7. The van der Waals surface area contributed by atoms with Crippen LogP contribution < -0.4 is 10.2 Å². The van der Waals surface area contributed by atoms with E-state index in [2.05, 4.69) is 5.32 Å². The van der Waals surface area contributed by atoms with Crippen molar-refractivity contribution in [1.82, 2.24) is 10.2 Å². The number of carbonyl (C=O) groups excluding carboxylic acids is 3. The van der Waals surface area contributed by atoms with Gasteiger partial charge in [0, 0.05) is 24.9 Å². The number of carbonyl (C=O) groups is 3. The summed E-state index contributed by atoms with van der Waals surface area (Å²) in [6.07, 6.45) is 3.20. The van der Waals surface area contributed by atoms with Crippen LogP contribution in [0.1, 0.15) is 32.8 Å². The summed E-state index contributed by atoms with van der Waals surface area (Å²) in [6, 6.07) is 15.3. The van der Waals surface area contributed by atoms with Crippen LogP contribution in [0.3, 0.4) is 0 Å². The number of nitrogens with zero attached hydrogens (tertiary/aromatic N) is 2. The average molecular weight is 466 g/mol. The van der Waals surface area contributed by atoms with E-state index in [0.717, 1.165) is 5.56 Å². The summed E-state index contributed by atoms with van der Waals surface area (Å²) in [4.78, 5) is 41.1. The monoisotopic (exact) mass is 465 g/mol.